The highest BCUT2D eigenvalue weighted by Crippen LogP contribution is 2.10. The fourth-order valence-electron chi connectivity index (χ4n) is 0.276. The summed E-state index contributed by atoms with van der Waals surface area (Å²) < 4.78 is 4.73. The fraction of sp³-hybridized carbons (Fsp3) is 0.250. The van der Waals surface area contributed by atoms with Crippen molar-refractivity contribution in [2.45, 2.75) is 0 Å². The van der Waals surface area contributed by atoms with Crippen molar-refractivity contribution < 1.29 is 4.74 Å². The Kier molecular flexibility index (Phi) is 1.26. The lowest BCUT2D eigenvalue weighted by molar-refractivity contribution is 0.411. The van der Waals surface area contributed by atoms with Gasteiger partial charge in [0.15, 0.2) is 0 Å². The van der Waals surface area contributed by atoms with Gasteiger partial charge in [0, 0.05) is 5.38 Å². The number of rotatable bonds is 1. The lowest BCUT2D eigenvalue weighted by Crippen LogP contribution is -1.77. The number of nitrogens with zero attached hydrogens (tertiary/aromatic N) is 1. The van der Waals surface area contributed by atoms with Crippen LogP contribution >= 0.6 is 11.3 Å². The molecule has 1 rings (SSSR count). The van der Waals surface area contributed by atoms with Crippen molar-refractivity contribution in [3.8, 4) is 5.19 Å². The maximum absolute atomic E-state index is 4.73. The average molecular weight is 114 g/mol. The predicted octanol–water partition coefficient (Wildman–Crippen LogP) is 0.952. The molecule has 3 heteroatoms. The summed E-state index contributed by atoms with van der Waals surface area (Å²) in [5.41, 5.74) is 0. The second kappa shape index (κ2) is 1.93. The van der Waals surface area contributed by atoms with Crippen LogP contribution in [0.2, 0.25) is 0 Å². The lowest BCUT2D eigenvalue weighted by atomic mass is 11.0. The molecule has 1 aromatic heterocycles. The second-order valence-electron chi connectivity index (χ2n) is 0.947. The van der Waals surface area contributed by atoms with Crippen LogP contribution in [0.4, 0.5) is 0 Å². The second-order valence-corrected chi connectivity index (χ2v) is 1.77. The van der Waals surface area contributed by atoms with Gasteiger partial charge in [0.2, 0.25) is 0 Å². The third-order valence-electron chi connectivity index (χ3n) is 0.543. The molecule has 1 aromatic rings. The van der Waals surface area contributed by atoms with Gasteiger partial charge in [-0.05, 0) is 0 Å². The van der Waals surface area contributed by atoms with E-state index in [9.17, 15) is 0 Å². The van der Waals surface area contributed by atoms with Crippen molar-refractivity contribution in [1.29, 1.82) is 0 Å². The van der Waals surface area contributed by atoms with Crippen LogP contribution < -0.4 is 4.74 Å². The first-order valence-corrected chi connectivity index (χ1v) is 2.67. The summed E-state index contributed by atoms with van der Waals surface area (Å²) >= 11 is 1.43. The van der Waals surface area contributed by atoms with E-state index in [4.69, 9.17) is 4.74 Å². The summed E-state index contributed by atoms with van der Waals surface area (Å²) in [6.07, 6.45) is 2.62. The van der Waals surface area contributed by atoms with Crippen molar-refractivity contribution in [3.05, 3.63) is 11.6 Å². The number of hydrogen-bond donors (Lipinski definition) is 0. The van der Waals surface area contributed by atoms with E-state index in [1.165, 1.54) is 11.3 Å². The van der Waals surface area contributed by atoms with Gasteiger partial charge in [-0.1, -0.05) is 11.3 Å². The summed E-state index contributed by atoms with van der Waals surface area (Å²) in [4.78, 5) is 3.71. The number of ether oxygens (including phenoxy) is 1. The zero-order chi connectivity index (χ0) is 5.11. The monoisotopic (exact) mass is 114 g/mol. The molecule has 0 aliphatic carbocycles. The van der Waals surface area contributed by atoms with Crippen LogP contribution in [0.25, 0.3) is 0 Å². The van der Waals surface area contributed by atoms with E-state index >= 15 is 0 Å². The molecule has 1 radical (unpaired) electrons. The van der Waals surface area contributed by atoms with E-state index in [0.29, 0.717) is 5.19 Å². The molecule has 0 saturated carbocycles. The summed E-state index contributed by atoms with van der Waals surface area (Å²) in [5, 5.41) is 2.42. The van der Waals surface area contributed by atoms with Gasteiger partial charge in [-0.3, -0.25) is 0 Å². The zero-order valence-electron chi connectivity index (χ0n) is 3.84. The predicted molar refractivity (Wildman–Crippen MR) is 27.5 cm³/mol. The minimum absolute atomic E-state index is 0.667. The number of hydrogen-bond acceptors (Lipinski definition) is 3. The third-order valence-corrected chi connectivity index (χ3v) is 1.23. The standard InChI is InChI=1S/C4H4NOS/c1-6-4-5-2-3-7-4/h3H,1H3. The molecule has 0 aromatic carbocycles. The van der Waals surface area contributed by atoms with Crippen LogP contribution in [-0.4, -0.2) is 12.1 Å². The first-order chi connectivity index (χ1) is 3.43. The van der Waals surface area contributed by atoms with Crippen LogP contribution in [-0.2, 0) is 0 Å². The van der Waals surface area contributed by atoms with Gasteiger partial charge in [-0.15, -0.1) is 0 Å². The van der Waals surface area contributed by atoms with Crippen molar-refractivity contribution in [2.24, 2.45) is 0 Å². The molecule has 0 spiro atoms. The number of methoxy groups -OCH3 is 1. The van der Waals surface area contributed by atoms with Crippen molar-refractivity contribution in [1.82, 2.24) is 4.98 Å². The Hall–Kier alpha value is -0.570. The molecule has 0 saturated heterocycles. The molecule has 0 bridgehead atoms. The van der Waals surface area contributed by atoms with E-state index in [1.54, 1.807) is 12.5 Å². The van der Waals surface area contributed by atoms with Crippen LogP contribution in [0.3, 0.4) is 0 Å². The van der Waals surface area contributed by atoms with Gasteiger partial charge >= 0.3 is 0 Å². The normalized spacial score (nSPS) is 8.71. The third kappa shape index (κ3) is 0.899. The molecule has 0 aliphatic heterocycles. The molecule has 0 unspecified atom stereocenters. The van der Waals surface area contributed by atoms with Gasteiger partial charge < -0.3 is 4.74 Å². The average Bonchev–Trinajstić information content (AvgIpc) is 2.14. The Morgan fingerprint density at radius 1 is 2.00 bits per heavy atom. The van der Waals surface area contributed by atoms with E-state index in [-0.39, 0.29) is 0 Å². The maximum Gasteiger partial charge on any atom is 0.273 e. The van der Waals surface area contributed by atoms with Crippen LogP contribution in [0.5, 0.6) is 5.19 Å². The van der Waals surface area contributed by atoms with Crippen LogP contribution in [0.15, 0.2) is 5.38 Å². The molecule has 0 aliphatic rings. The van der Waals surface area contributed by atoms with Gasteiger partial charge in [0.1, 0.15) is 6.20 Å². The van der Waals surface area contributed by atoms with E-state index in [0.717, 1.165) is 0 Å². The van der Waals surface area contributed by atoms with Crippen molar-refractivity contribution in [2.75, 3.05) is 7.11 Å². The Balaban J connectivity index is 2.76. The molecule has 2 nitrogen and oxygen atoms in total. The van der Waals surface area contributed by atoms with Gasteiger partial charge in [0.05, 0.1) is 7.11 Å². The highest BCUT2D eigenvalue weighted by atomic mass is 32.1. The molecule has 0 fully saturated rings. The molecular weight excluding hydrogens is 110 g/mol. The fourth-order valence-corrected chi connectivity index (χ4v) is 0.684. The number of thiazole rings is 1. The summed E-state index contributed by atoms with van der Waals surface area (Å²) in [7, 11) is 1.59. The van der Waals surface area contributed by atoms with Crippen molar-refractivity contribution >= 4 is 11.3 Å². The maximum atomic E-state index is 4.73. The molecule has 7 heavy (non-hydrogen) atoms. The molecule has 0 atom stereocenters. The molecule has 1 heterocycles. The van der Waals surface area contributed by atoms with E-state index < -0.39 is 0 Å². The van der Waals surface area contributed by atoms with Crippen molar-refractivity contribution in [3.63, 3.8) is 0 Å². The Labute approximate surface area is 45.8 Å². The SMILES string of the molecule is COc1n[c]cs1. The minimum Gasteiger partial charge on any atom is -0.473 e. The molecule has 37 valence electrons. The molecule has 0 N–H and O–H groups in total. The smallest absolute Gasteiger partial charge is 0.273 e. The van der Waals surface area contributed by atoms with Gasteiger partial charge in [-0.25, -0.2) is 4.98 Å². The summed E-state index contributed by atoms with van der Waals surface area (Å²) in [5.74, 6) is 0. The summed E-state index contributed by atoms with van der Waals surface area (Å²) in [6, 6.07) is 0. The summed E-state index contributed by atoms with van der Waals surface area (Å²) in [6.45, 7) is 0. The Morgan fingerprint density at radius 2 is 2.86 bits per heavy atom. The zero-order valence-corrected chi connectivity index (χ0v) is 4.66. The molecule has 0 amide bonds. The topological polar surface area (TPSA) is 22.1 Å². The van der Waals surface area contributed by atoms with E-state index in [1.807, 2.05) is 0 Å². The van der Waals surface area contributed by atoms with Gasteiger partial charge in [-0.2, -0.15) is 0 Å². The van der Waals surface area contributed by atoms with E-state index in [2.05, 4.69) is 11.2 Å². The van der Waals surface area contributed by atoms with Crippen LogP contribution in [0.1, 0.15) is 0 Å². The Morgan fingerprint density at radius 3 is 3.14 bits per heavy atom. The first-order valence-electron chi connectivity index (χ1n) is 1.79. The minimum atomic E-state index is 0.667. The highest BCUT2D eigenvalue weighted by Gasteiger charge is 1.86. The highest BCUT2D eigenvalue weighted by molar-refractivity contribution is 7.11. The molecular formula is C4H4NOS. The van der Waals surface area contributed by atoms with Gasteiger partial charge in [0.25, 0.3) is 5.19 Å². The van der Waals surface area contributed by atoms with Crippen LogP contribution in [0, 0.1) is 6.20 Å². The first kappa shape index (κ1) is 4.59. The lowest BCUT2D eigenvalue weighted by Gasteiger charge is -1.84. The largest absolute Gasteiger partial charge is 0.473 e. The Bertz CT molecular complexity index is 126. The quantitative estimate of drug-likeness (QED) is 0.542. The number of aromatic nitrogens is 1.